The highest BCUT2D eigenvalue weighted by Gasteiger charge is 2.27. The molecule has 0 spiro atoms. The molecule has 0 unspecified atom stereocenters. The van der Waals surface area contributed by atoms with Crippen LogP contribution in [-0.4, -0.2) is 70.5 Å². The quantitative estimate of drug-likeness (QED) is 0.453. The first-order chi connectivity index (χ1) is 18.3. The molecule has 5 rings (SSSR count). The highest BCUT2D eigenvalue weighted by atomic mass is 19.1. The van der Waals surface area contributed by atoms with E-state index in [1.807, 2.05) is 0 Å². The topological polar surface area (TPSA) is 106 Å². The monoisotopic (exact) mass is 533 g/mol. The highest BCUT2D eigenvalue weighted by molar-refractivity contribution is 5.76. The van der Waals surface area contributed by atoms with Crippen molar-refractivity contribution in [2.45, 2.75) is 44.2 Å². The molecule has 10 nitrogen and oxygen atoms in total. The lowest BCUT2D eigenvalue weighted by Crippen LogP contribution is -2.31. The number of benzene rings is 1. The number of ether oxygens (including phenoxy) is 2. The third kappa shape index (κ3) is 5.62. The van der Waals surface area contributed by atoms with E-state index < -0.39 is 23.1 Å². The van der Waals surface area contributed by atoms with Gasteiger partial charge in [0, 0.05) is 39.4 Å². The Bertz CT molecular complexity index is 1280. The fourth-order valence-electron chi connectivity index (χ4n) is 4.85. The van der Waals surface area contributed by atoms with Crippen LogP contribution in [0, 0.1) is 23.4 Å². The molecule has 1 saturated heterocycles. The van der Waals surface area contributed by atoms with Crippen molar-refractivity contribution in [2.24, 2.45) is 5.92 Å². The molecule has 1 atom stereocenters. The molecule has 38 heavy (non-hydrogen) atoms. The van der Waals surface area contributed by atoms with Crippen molar-refractivity contribution in [3.05, 3.63) is 35.8 Å². The number of fused-ring (bicyclic) bond motifs is 1. The smallest absolute Gasteiger partial charge is 0.409 e. The molecule has 2 aromatic heterocycles. The van der Waals surface area contributed by atoms with Gasteiger partial charge in [0.25, 0.3) is 0 Å². The minimum absolute atomic E-state index is 0.0709. The van der Waals surface area contributed by atoms with E-state index in [9.17, 15) is 18.0 Å². The Morgan fingerprint density at radius 1 is 1.13 bits per heavy atom. The van der Waals surface area contributed by atoms with Crippen LogP contribution in [0.15, 0.2) is 18.3 Å². The number of imidazole rings is 1. The molecule has 0 radical (unpaired) electrons. The molecule has 3 heterocycles. The van der Waals surface area contributed by atoms with Crippen molar-refractivity contribution in [3.63, 3.8) is 0 Å². The van der Waals surface area contributed by atoms with Crippen LogP contribution in [0.3, 0.4) is 0 Å². The van der Waals surface area contributed by atoms with Gasteiger partial charge in [0.1, 0.15) is 23.1 Å². The maximum absolute atomic E-state index is 14.4. The first-order valence-corrected chi connectivity index (χ1v) is 12.6. The van der Waals surface area contributed by atoms with E-state index in [1.54, 1.807) is 24.9 Å². The predicted octanol–water partition coefficient (Wildman–Crippen LogP) is 4.62. The standard InChI is InChI=1S/C25H30F3N7O3/c1-34(2)25(36)38-17-5-3-14(4-6-17)11-29-23-30-12-20-22(33-23)35(16-7-8-37-13-16)24(31-20)32-21-18(27)9-15(26)10-19(21)28/h9-10,12,14,16-17H,3-8,11,13H2,1-2H3,(H,31,32)(H,29,30,33)/t14?,16-,17?/m0/s1. The van der Waals surface area contributed by atoms with Crippen LogP contribution in [0.4, 0.5) is 35.5 Å². The molecule has 204 valence electrons. The van der Waals surface area contributed by atoms with Crippen LogP contribution >= 0.6 is 0 Å². The van der Waals surface area contributed by atoms with Gasteiger partial charge in [-0.05, 0) is 38.0 Å². The summed E-state index contributed by atoms with van der Waals surface area (Å²) in [6.45, 7) is 1.58. The van der Waals surface area contributed by atoms with Crippen molar-refractivity contribution >= 4 is 34.8 Å². The zero-order chi connectivity index (χ0) is 26.8. The van der Waals surface area contributed by atoms with E-state index in [4.69, 9.17) is 9.47 Å². The van der Waals surface area contributed by atoms with Crippen LogP contribution in [0.5, 0.6) is 0 Å². The zero-order valence-electron chi connectivity index (χ0n) is 21.2. The Morgan fingerprint density at radius 2 is 1.87 bits per heavy atom. The fourth-order valence-corrected chi connectivity index (χ4v) is 4.85. The van der Waals surface area contributed by atoms with Crippen molar-refractivity contribution < 1.29 is 27.4 Å². The lowest BCUT2D eigenvalue weighted by molar-refractivity contribution is 0.0479. The first-order valence-electron chi connectivity index (χ1n) is 12.6. The van der Waals surface area contributed by atoms with E-state index in [0.29, 0.717) is 61.3 Å². The molecule has 2 N–H and O–H groups in total. The fraction of sp³-hybridized carbons (Fsp3) is 0.520. The molecule has 2 aliphatic rings. The van der Waals surface area contributed by atoms with Crippen LogP contribution in [0.2, 0.25) is 0 Å². The summed E-state index contributed by atoms with van der Waals surface area (Å²) in [4.78, 5) is 26.7. The second-order valence-electron chi connectivity index (χ2n) is 9.90. The summed E-state index contributed by atoms with van der Waals surface area (Å²) >= 11 is 0. The minimum Gasteiger partial charge on any atom is -0.446 e. The molecular weight excluding hydrogens is 503 g/mol. The van der Waals surface area contributed by atoms with Gasteiger partial charge in [-0.1, -0.05) is 0 Å². The summed E-state index contributed by atoms with van der Waals surface area (Å²) in [5.41, 5.74) is 0.430. The van der Waals surface area contributed by atoms with Gasteiger partial charge in [-0.15, -0.1) is 0 Å². The Morgan fingerprint density at radius 3 is 2.53 bits per heavy atom. The highest BCUT2D eigenvalue weighted by Crippen LogP contribution is 2.32. The van der Waals surface area contributed by atoms with Crippen LogP contribution in [0.25, 0.3) is 11.2 Å². The third-order valence-electron chi connectivity index (χ3n) is 6.92. The third-order valence-corrected chi connectivity index (χ3v) is 6.92. The second kappa shape index (κ2) is 11.0. The van der Waals surface area contributed by atoms with Crippen molar-refractivity contribution in [3.8, 4) is 0 Å². The van der Waals surface area contributed by atoms with Gasteiger partial charge < -0.3 is 25.0 Å². The van der Waals surface area contributed by atoms with Gasteiger partial charge in [0.15, 0.2) is 17.3 Å². The number of halogens is 3. The first kappa shape index (κ1) is 26.0. The lowest BCUT2D eigenvalue weighted by Gasteiger charge is -2.29. The maximum atomic E-state index is 14.4. The summed E-state index contributed by atoms with van der Waals surface area (Å²) in [5.74, 6) is -2.19. The molecule has 1 amide bonds. The van der Waals surface area contributed by atoms with Gasteiger partial charge >= 0.3 is 6.09 Å². The number of hydrogen-bond donors (Lipinski definition) is 2. The Hall–Kier alpha value is -3.61. The van der Waals surface area contributed by atoms with Crippen LogP contribution in [0.1, 0.15) is 38.1 Å². The van der Waals surface area contributed by atoms with Crippen molar-refractivity contribution in [1.29, 1.82) is 0 Å². The molecule has 3 aromatic rings. The SMILES string of the molecule is CN(C)C(=O)OC1CCC(CNc2ncc3nc(Nc4c(F)cc(F)cc4F)n([C@H]4CCOC4)c3n2)CC1. The summed E-state index contributed by atoms with van der Waals surface area (Å²) in [7, 11) is 3.33. The lowest BCUT2D eigenvalue weighted by atomic mass is 9.87. The number of carbonyl (C=O) groups excluding carboxylic acids is 1. The van der Waals surface area contributed by atoms with Crippen LogP contribution in [-0.2, 0) is 9.47 Å². The van der Waals surface area contributed by atoms with E-state index in [0.717, 1.165) is 25.7 Å². The van der Waals surface area contributed by atoms with E-state index in [2.05, 4.69) is 25.6 Å². The molecule has 1 aliphatic heterocycles. The average molecular weight is 534 g/mol. The van der Waals surface area contributed by atoms with Crippen LogP contribution < -0.4 is 10.6 Å². The van der Waals surface area contributed by atoms with E-state index in [1.165, 1.54) is 4.90 Å². The number of rotatable bonds is 7. The number of hydrogen-bond acceptors (Lipinski definition) is 8. The summed E-state index contributed by atoms with van der Waals surface area (Å²) in [5, 5.41) is 5.97. The molecular formula is C25H30F3N7O3. The molecule has 13 heteroatoms. The number of amides is 1. The zero-order valence-corrected chi connectivity index (χ0v) is 21.2. The number of anilines is 3. The molecule has 1 saturated carbocycles. The van der Waals surface area contributed by atoms with Gasteiger partial charge in [-0.3, -0.25) is 4.57 Å². The second-order valence-corrected chi connectivity index (χ2v) is 9.90. The largest absolute Gasteiger partial charge is 0.446 e. The van der Waals surface area contributed by atoms with Gasteiger partial charge in [-0.25, -0.2) is 27.9 Å². The van der Waals surface area contributed by atoms with Gasteiger partial charge in [0.2, 0.25) is 11.9 Å². The van der Waals surface area contributed by atoms with Crippen molar-refractivity contribution in [2.75, 3.05) is 44.5 Å². The number of nitrogens with one attached hydrogen (secondary N) is 2. The summed E-state index contributed by atoms with van der Waals surface area (Å²) in [6.07, 6.45) is 5.23. The number of nitrogens with zero attached hydrogens (tertiary/aromatic N) is 5. The summed E-state index contributed by atoms with van der Waals surface area (Å²) in [6, 6.07) is 1.06. The molecule has 2 fully saturated rings. The molecule has 1 aliphatic carbocycles. The van der Waals surface area contributed by atoms with Crippen molar-refractivity contribution in [1.82, 2.24) is 24.4 Å². The van der Waals surface area contributed by atoms with E-state index >= 15 is 0 Å². The average Bonchev–Trinajstić information content (AvgIpc) is 3.53. The normalized spacial score (nSPS) is 21.4. The van der Waals surface area contributed by atoms with Gasteiger partial charge in [-0.2, -0.15) is 4.98 Å². The number of carbonyl (C=O) groups is 1. The Kier molecular flexibility index (Phi) is 7.54. The minimum atomic E-state index is -1.07. The Balaban J connectivity index is 1.31. The maximum Gasteiger partial charge on any atom is 0.409 e. The van der Waals surface area contributed by atoms with E-state index in [-0.39, 0.29) is 24.2 Å². The number of aromatic nitrogens is 4. The molecule has 1 aromatic carbocycles. The molecule has 0 bridgehead atoms. The van der Waals surface area contributed by atoms with Gasteiger partial charge in [0.05, 0.1) is 18.8 Å². The predicted molar refractivity (Wildman–Crippen MR) is 134 cm³/mol. The Labute approximate surface area is 217 Å². The summed E-state index contributed by atoms with van der Waals surface area (Å²) < 4.78 is 54.9.